The molecule has 0 aromatic heterocycles. The highest BCUT2D eigenvalue weighted by Crippen LogP contribution is 2.20. The molecule has 3 N–H and O–H groups in total. The van der Waals surface area contributed by atoms with E-state index in [1.165, 1.54) is 5.57 Å². The molecule has 0 spiro atoms. The molecule has 0 bridgehead atoms. The predicted molar refractivity (Wildman–Crippen MR) is 126 cm³/mol. The molecule has 0 radical (unpaired) electrons. The summed E-state index contributed by atoms with van der Waals surface area (Å²) < 4.78 is 0. The Hall–Kier alpha value is -3.22. The molecule has 1 aliphatic rings. The number of anilines is 2. The molecule has 1 aliphatic heterocycles. The van der Waals surface area contributed by atoms with Gasteiger partial charge in [0.2, 0.25) is 0 Å². The fourth-order valence-corrected chi connectivity index (χ4v) is 3.21. The van der Waals surface area contributed by atoms with Crippen LogP contribution in [-0.4, -0.2) is 61.7 Å². The Bertz CT molecular complexity index is 925. The molecule has 1 heterocycles. The molecular formula is C24H29N5O. The topological polar surface area (TPSA) is 74.0 Å². The minimum atomic E-state index is -0.163. The quantitative estimate of drug-likeness (QED) is 0.497. The maximum absolute atomic E-state index is 12.4. The number of hydrogen-bond donors (Lipinski definition) is 2. The second-order valence-corrected chi connectivity index (χ2v) is 7.45. The Morgan fingerprint density at radius 1 is 1.23 bits per heavy atom. The molecule has 1 saturated heterocycles. The number of carbonyl (C=O) groups is 1. The molecule has 2 aromatic rings. The zero-order chi connectivity index (χ0) is 21.3. The van der Waals surface area contributed by atoms with Crippen LogP contribution in [0.25, 0.3) is 6.08 Å². The molecule has 2 aromatic carbocycles. The highest BCUT2D eigenvalue weighted by atomic mass is 16.1. The van der Waals surface area contributed by atoms with Gasteiger partial charge in [0.25, 0.3) is 5.91 Å². The SMILES string of the molecule is C=CN=CCN(C)CCN1CC(=Cc2ccc(C(=O)Nc3ccccc3N)cc2)C1. The first-order chi connectivity index (χ1) is 14.5. The van der Waals surface area contributed by atoms with Gasteiger partial charge in [-0.1, -0.05) is 36.9 Å². The van der Waals surface area contributed by atoms with Gasteiger partial charge in [0, 0.05) is 50.7 Å². The van der Waals surface area contributed by atoms with Gasteiger partial charge in [-0.25, -0.2) is 0 Å². The Kier molecular flexibility index (Phi) is 7.54. The van der Waals surface area contributed by atoms with E-state index in [1.54, 1.807) is 18.3 Å². The summed E-state index contributed by atoms with van der Waals surface area (Å²) in [6.45, 7) is 8.43. The van der Waals surface area contributed by atoms with Crippen molar-refractivity contribution in [2.24, 2.45) is 4.99 Å². The van der Waals surface area contributed by atoms with E-state index in [2.05, 4.69) is 39.8 Å². The van der Waals surface area contributed by atoms with Crippen molar-refractivity contribution < 1.29 is 4.79 Å². The number of nitrogens with two attached hydrogens (primary N) is 1. The fourth-order valence-electron chi connectivity index (χ4n) is 3.21. The molecule has 156 valence electrons. The standard InChI is InChI=1S/C24H29N5O/c1-3-26-12-13-28(2)14-15-29-17-20(18-29)16-19-8-10-21(11-9-19)24(30)27-23-7-5-4-6-22(23)25/h3-12,16H,1,13-15,17-18,25H2,2H3,(H,27,30). The van der Waals surface area contributed by atoms with Gasteiger partial charge >= 0.3 is 0 Å². The van der Waals surface area contributed by atoms with Crippen LogP contribution < -0.4 is 11.1 Å². The smallest absolute Gasteiger partial charge is 0.255 e. The maximum atomic E-state index is 12.4. The summed E-state index contributed by atoms with van der Waals surface area (Å²) in [7, 11) is 2.09. The molecule has 6 nitrogen and oxygen atoms in total. The highest BCUT2D eigenvalue weighted by molar-refractivity contribution is 6.05. The molecule has 1 fully saturated rings. The average molecular weight is 404 g/mol. The fraction of sp³-hybridized carbons (Fsp3) is 0.250. The first-order valence-corrected chi connectivity index (χ1v) is 10.0. The van der Waals surface area contributed by atoms with Crippen molar-refractivity contribution >= 4 is 29.6 Å². The number of rotatable bonds is 9. The van der Waals surface area contributed by atoms with Crippen molar-refractivity contribution in [3.63, 3.8) is 0 Å². The number of amides is 1. The van der Waals surface area contributed by atoms with Crippen molar-refractivity contribution in [1.82, 2.24) is 9.80 Å². The van der Waals surface area contributed by atoms with Crippen molar-refractivity contribution in [1.29, 1.82) is 0 Å². The van der Waals surface area contributed by atoms with Gasteiger partial charge < -0.3 is 11.1 Å². The van der Waals surface area contributed by atoms with Gasteiger partial charge in [-0.15, -0.1) is 0 Å². The lowest BCUT2D eigenvalue weighted by atomic mass is 10.0. The summed E-state index contributed by atoms with van der Waals surface area (Å²) >= 11 is 0. The lowest BCUT2D eigenvalue weighted by Gasteiger charge is -2.35. The second-order valence-electron chi connectivity index (χ2n) is 7.45. The minimum absolute atomic E-state index is 0.163. The Balaban J connectivity index is 1.45. The summed E-state index contributed by atoms with van der Waals surface area (Å²) in [5, 5.41) is 2.85. The molecule has 0 unspecified atom stereocenters. The summed E-state index contributed by atoms with van der Waals surface area (Å²) in [6.07, 6.45) is 5.62. The van der Waals surface area contributed by atoms with Gasteiger partial charge in [0.1, 0.15) is 0 Å². The van der Waals surface area contributed by atoms with Crippen LogP contribution in [0.5, 0.6) is 0 Å². The molecule has 3 rings (SSSR count). The molecule has 6 heteroatoms. The maximum Gasteiger partial charge on any atom is 0.255 e. The predicted octanol–water partition coefficient (Wildman–Crippen LogP) is 3.37. The summed E-state index contributed by atoms with van der Waals surface area (Å²) in [5.74, 6) is -0.163. The van der Waals surface area contributed by atoms with E-state index in [9.17, 15) is 4.79 Å². The number of carbonyl (C=O) groups excluding carboxylic acids is 1. The van der Waals surface area contributed by atoms with E-state index < -0.39 is 0 Å². The van der Waals surface area contributed by atoms with Crippen LogP contribution in [-0.2, 0) is 0 Å². The van der Waals surface area contributed by atoms with E-state index in [0.717, 1.165) is 38.3 Å². The van der Waals surface area contributed by atoms with Gasteiger partial charge in [0.15, 0.2) is 0 Å². The van der Waals surface area contributed by atoms with Gasteiger partial charge in [-0.3, -0.25) is 19.6 Å². The lowest BCUT2D eigenvalue weighted by Crippen LogP contribution is -2.44. The molecule has 1 amide bonds. The van der Waals surface area contributed by atoms with E-state index in [0.29, 0.717) is 16.9 Å². The molecule has 0 saturated carbocycles. The van der Waals surface area contributed by atoms with Gasteiger partial charge in [-0.2, -0.15) is 0 Å². The van der Waals surface area contributed by atoms with E-state index in [-0.39, 0.29) is 5.91 Å². The first kappa shape index (κ1) is 21.5. The number of nitrogen functional groups attached to an aromatic ring is 1. The third-order valence-corrected chi connectivity index (χ3v) is 5.01. The van der Waals surface area contributed by atoms with Crippen LogP contribution in [0.3, 0.4) is 0 Å². The van der Waals surface area contributed by atoms with Crippen molar-refractivity contribution in [3.8, 4) is 0 Å². The van der Waals surface area contributed by atoms with E-state index in [1.807, 2.05) is 42.6 Å². The van der Waals surface area contributed by atoms with Crippen molar-refractivity contribution in [2.75, 3.05) is 50.8 Å². The van der Waals surface area contributed by atoms with E-state index >= 15 is 0 Å². The molecular weight excluding hydrogens is 374 g/mol. The van der Waals surface area contributed by atoms with Crippen LogP contribution in [0.2, 0.25) is 0 Å². The van der Waals surface area contributed by atoms with Crippen LogP contribution in [0.15, 0.2) is 71.9 Å². The number of benzene rings is 2. The van der Waals surface area contributed by atoms with Crippen LogP contribution >= 0.6 is 0 Å². The summed E-state index contributed by atoms with van der Waals surface area (Å²) in [4.78, 5) is 21.1. The zero-order valence-electron chi connectivity index (χ0n) is 17.4. The number of likely N-dealkylation sites (N-methyl/N-ethyl adjacent to an activating group) is 1. The Morgan fingerprint density at radius 3 is 2.67 bits per heavy atom. The van der Waals surface area contributed by atoms with Crippen molar-refractivity contribution in [2.45, 2.75) is 0 Å². The Morgan fingerprint density at radius 2 is 1.97 bits per heavy atom. The lowest BCUT2D eigenvalue weighted by molar-refractivity contribution is 0.102. The average Bonchev–Trinajstić information content (AvgIpc) is 2.72. The number of nitrogens with one attached hydrogen (secondary N) is 1. The number of aliphatic imine (C=N–C) groups is 1. The largest absolute Gasteiger partial charge is 0.397 e. The first-order valence-electron chi connectivity index (χ1n) is 10.0. The number of hydrogen-bond acceptors (Lipinski definition) is 5. The Labute approximate surface area is 178 Å². The van der Waals surface area contributed by atoms with Crippen LogP contribution in [0.1, 0.15) is 15.9 Å². The second kappa shape index (κ2) is 10.5. The highest BCUT2D eigenvalue weighted by Gasteiger charge is 2.19. The summed E-state index contributed by atoms with van der Waals surface area (Å²) in [6, 6.07) is 14.9. The number of nitrogens with zero attached hydrogens (tertiary/aromatic N) is 3. The zero-order valence-corrected chi connectivity index (χ0v) is 17.4. The van der Waals surface area contributed by atoms with Crippen LogP contribution in [0.4, 0.5) is 11.4 Å². The minimum Gasteiger partial charge on any atom is -0.397 e. The van der Waals surface area contributed by atoms with Crippen molar-refractivity contribution in [3.05, 3.63) is 78.0 Å². The number of para-hydroxylation sites is 2. The molecule has 0 atom stereocenters. The molecule has 30 heavy (non-hydrogen) atoms. The normalized spacial score (nSPS) is 14.0. The van der Waals surface area contributed by atoms with Crippen LogP contribution in [0, 0.1) is 0 Å². The monoisotopic (exact) mass is 403 g/mol. The third kappa shape index (κ3) is 6.14. The van der Waals surface area contributed by atoms with Gasteiger partial charge in [0.05, 0.1) is 11.4 Å². The third-order valence-electron chi connectivity index (χ3n) is 5.01. The molecule has 0 aliphatic carbocycles. The van der Waals surface area contributed by atoms with Gasteiger partial charge in [-0.05, 0) is 42.4 Å². The summed E-state index contributed by atoms with van der Waals surface area (Å²) in [5.41, 5.74) is 10.2. The van der Waals surface area contributed by atoms with E-state index in [4.69, 9.17) is 5.73 Å². The number of likely N-dealkylation sites (tertiary alicyclic amines) is 1.